The molecule has 0 saturated heterocycles. The normalized spacial score (nSPS) is 40.1. The number of hydrogen-bond donors (Lipinski definition) is 0. The first-order chi connectivity index (χ1) is 10.5. The third-order valence-electron chi connectivity index (χ3n) is 6.35. The standard InChI is InChI=1S/C20H38O2/c1-15(2)12-18-10-11-20(21-5,17(4)13-18)14-22-19-9-7-6-8-16(19)3/h15-19H,6-14H2,1-5H3. The van der Waals surface area contributed by atoms with Gasteiger partial charge < -0.3 is 9.47 Å². The molecule has 0 aromatic heterocycles. The molecule has 0 spiro atoms. The summed E-state index contributed by atoms with van der Waals surface area (Å²) in [4.78, 5) is 0. The monoisotopic (exact) mass is 310 g/mol. The minimum absolute atomic E-state index is 0.0371. The highest BCUT2D eigenvalue weighted by Gasteiger charge is 2.42. The lowest BCUT2D eigenvalue weighted by Crippen LogP contribution is -2.48. The molecular weight excluding hydrogens is 272 g/mol. The Morgan fingerprint density at radius 1 is 1.09 bits per heavy atom. The Hall–Kier alpha value is -0.0800. The lowest BCUT2D eigenvalue weighted by atomic mass is 9.70. The number of ether oxygens (including phenoxy) is 2. The average molecular weight is 311 g/mol. The van der Waals surface area contributed by atoms with Crippen molar-refractivity contribution in [1.82, 2.24) is 0 Å². The maximum atomic E-state index is 6.39. The van der Waals surface area contributed by atoms with Crippen molar-refractivity contribution in [2.24, 2.45) is 23.7 Å². The molecule has 0 aliphatic heterocycles. The SMILES string of the molecule is COC1(COC2CCCCC2C)CCC(CC(C)C)CC1C. The van der Waals surface area contributed by atoms with Crippen LogP contribution in [0.5, 0.6) is 0 Å². The third-order valence-corrected chi connectivity index (χ3v) is 6.35. The first kappa shape index (κ1) is 18.3. The molecule has 130 valence electrons. The smallest absolute Gasteiger partial charge is 0.0936 e. The molecule has 0 radical (unpaired) electrons. The summed E-state index contributed by atoms with van der Waals surface area (Å²) in [5.74, 6) is 3.02. The number of rotatable bonds is 6. The van der Waals surface area contributed by atoms with Gasteiger partial charge in [0.1, 0.15) is 0 Å². The van der Waals surface area contributed by atoms with Gasteiger partial charge in [-0.25, -0.2) is 0 Å². The van der Waals surface area contributed by atoms with Crippen molar-refractivity contribution in [1.29, 1.82) is 0 Å². The van der Waals surface area contributed by atoms with Crippen LogP contribution in [0.25, 0.3) is 0 Å². The predicted molar refractivity (Wildman–Crippen MR) is 93.1 cm³/mol. The Bertz CT molecular complexity index is 328. The zero-order chi connectivity index (χ0) is 16.2. The Morgan fingerprint density at radius 3 is 2.41 bits per heavy atom. The Morgan fingerprint density at radius 2 is 1.82 bits per heavy atom. The van der Waals surface area contributed by atoms with Crippen LogP contribution < -0.4 is 0 Å². The molecule has 2 heteroatoms. The van der Waals surface area contributed by atoms with Crippen LogP contribution in [0.15, 0.2) is 0 Å². The van der Waals surface area contributed by atoms with Gasteiger partial charge in [-0.3, -0.25) is 0 Å². The van der Waals surface area contributed by atoms with Crippen molar-refractivity contribution < 1.29 is 9.47 Å². The van der Waals surface area contributed by atoms with Gasteiger partial charge >= 0.3 is 0 Å². The van der Waals surface area contributed by atoms with E-state index in [0.29, 0.717) is 12.0 Å². The number of methoxy groups -OCH3 is 1. The summed E-state index contributed by atoms with van der Waals surface area (Å²) in [7, 11) is 1.90. The zero-order valence-corrected chi connectivity index (χ0v) is 15.6. The molecule has 2 nitrogen and oxygen atoms in total. The van der Waals surface area contributed by atoms with Crippen LogP contribution >= 0.6 is 0 Å². The van der Waals surface area contributed by atoms with E-state index in [1.54, 1.807) is 0 Å². The fraction of sp³-hybridized carbons (Fsp3) is 1.00. The lowest BCUT2D eigenvalue weighted by Gasteiger charge is -2.45. The molecule has 2 aliphatic carbocycles. The van der Waals surface area contributed by atoms with Crippen LogP contribution in [0.1, 0.15) is 79.1 Å². The fourth-order valence-corrected chi connectivity index (χ4v) is 4.76. The van der Waals surface area contributed by atoms with Gasteiger partial charge in [0.2, 0.25) is 0 Å². The molecule has 0 bridgehead atoms. The molecule has 0 heterocycles. The highest BCUT2D eigenvalue weighted by atomic mass is 16.5. The van der Waals surface area contributed by atoms with E-state index in [1.807, 2.05) is 7.11 Å². The molecule has 5 unspecified atom stereocenters. The van der Waals surface area contributed by atoms with Crippen molar-refractivity contribution in [3.63, 3.8) is 0 Å². The van der Waals surface area contributed by atoms with Crippen LogP contribution in [-0.4, -0.2) is 25.4 Å². The first-order valence-electron chi connectivity index (χ1n) is 9.63. The van der Waals surface area contributed by atoms with Crippen LogP contribution in [-0.2, 0) is 9.47 Å². The summed E-state index contributed by atoms with van der Waals surface area (Å²) < 4.78 is 12.4. The van der Waals surface area contributed by atoms with Crippen LogP contribution in [0, 0.1) is 23.7 Å². The second-order valence-electron chi connectivity index (χ2n) is 8.55. The van der Waals surface area contributed by atoms with Crippen molar-refractivity contribution in [3.8, 4) is 0 Å². The maximum absolute atomic E-state index is 6.39. The molecule has 5 atom stereocenters. The van der Waals surface area contributed by atoms with E-state index >= 15 is 0 Å². The second-order valence-corrected chi connectivity index (χ2v) is 8.55. The lowest BCUT2D eigenvalue weighted by molar-refractivity contribution is -0.155. The molecule has 0 amide bonds. The minimum Gasteiger partial charge on any atom is -0.376 e. The summed E-state index contributed by atoms with van der Waals surface area (Å²) in [5.41, 5.74) is -0.0371. The van der Waals surface area contributed by atoms with Gasteiger partial charge in [0.15, 0.2) is 0 Å². The third kappa shape index (κ3) is 4.47. The summed E-state index contributed by atoms with van der Waals surface area (Å²) in [5, 5.41) is 0. The molecule has 2 rings (SSSR count). The van der Waals surface area contributed by atoms with E-state index in [4.69, 9.17) is 9.47 Å². The van der Waals surface area contributed by atoms with E-state index in [1.165, 1.54) is 51.4 Å². The Kier molecular flexibility index (Phi) is 6.76. The van der Waals surface area contributed by atoms with E-state index in [2.05, 4.69) is 27.7 Å². The maximum Gasteiger partial charge on any atom is 0.0936 e. The van der Waals surface area contributed by atoms with E-state index in [9.17, 15) is 0 Å². The van der Waals surface area contributed by atoms with Crippen LogP contribution in [0.3, 0.4) is 0 Å². The second kappa shape index (κ2) is 8.15. The Labute approximate surface area is 138 Å². The first-order valence-corrected chi connectivity index (χ1v) is 9.63. The summed E-state index contributed by atoms with van der Waals surface area (Å²) >= 11 is 0. The molecule has 0 N–H and O–H groups in total. The highest BCUT2D eigenvalue weighted by molar-refractivity contribution is 4.93. The van der Waals surface area contributed by atoms with Gasteiger partial charge in [-0.1, -0.05) is 40.5 Å². The van der Waals surface area contributed by atoms with Crippen molar-refractivity contribution in [2.75, 3.05) is 13.7 Å². The van der Waals surface area contributed by atoms with Crippen LogP contribution in [0.4, 0.5) is 0 Å². The van der Waals surface area contributed by atoms with Crippen molar-refractivity contribution in [2.45, 2.75) is 90.8 Å². The quantitative estimate of drug-likeness (QED) is 0.649. The minimum atomic E-state index is -0.0371. The summed E-state index contributed by atoms with van der Waals surface area (Å²) in [6.45, 7) is 10.2. The average Bonchev–Trinajstić information content (AvgIpc) is 2.48. The fourth-order valence-electron chi connectivity index (χ4n) is 4.76. The summed E-state index contributed by atoms with van der Waals surface area (Å²) in [6.07, 6.45) is 10.9. The van der Waals surface area contributed by atoms with Crippen molar-refractivity contribution >= 4 is 0 Å². The zero-order valence-electron chi connectivity index (χ0n) is 15.6. The molecule has 0 aromatic rings. The van der Waals surface area contributed by atoms with Crippen molar-refractivity contribution in [3.05, 3.63) is 0 Å². The van der Waals surface area contributed by atoms with Gasteiger partial charge in [0.25, 0.3) is 0 Å². The molecule has 2 saturated carbocycles. The van der Waals surface area contributed by atoms with E-state index < -0.39 is 0 Å². The summed E-state index contributed by atoms with van der Waals surface area (Å²) in [6, 6.07) is 0. The molecule has 22 heavy (non-hydrogen) atoms. The molecule has 2 aliphatic rings. The van der Waals surface area contributed by atoms with Gasteiger partial charge in [0, 0.05) is 7.11 Å². The van der Waals surface area contributed by atoms with E-state index in [-0.39, 0.29) is 5.60 Å². The predicted octanol–water partition coefficient (Wildman–Crippen LogP) is 5.45. The van der Waals surface area contributed by atoms with Crippen LogP contribution in [0.2, 0.25) is 0 Å². The van der Waals surface area contributed by atoms with Gasteiger partial charge in [-0.05, 0) is 62.2 Å². The molecule has 0 aromatic carbocycles. The van der Waals surface area contributed by atoms with E-state index in [0.717, 1.165) is 24.4 Å². The van der Waals surface area contributed by atoms with Gasteiger partial charge in [0.05, 0.1) is 18.3 Å². The molecule has 2 fully saturated rings. The molecular formula is C20H38O2. The highest BCUT2D eigenvalue weighted by Crippen LogP contribution is 2.42. The Balaban J connectivity index is 1.89. The topological polar surface area (TPSA) is 18.5 Å². The van der Waals surface area contributed by atoms with Gasteiger partial charge in [-0.15, -0.1) is 0 Å². The van der Waals surface area contributed by atoms with Gasteiger partial charge in [-0.2, -0.15) is 0 Å². The largest absolute Gasteiger partial charge is 0.376 e. The number of hydrogen-bond acceptors (Lipinski definition) is 2.